The number of carbonyl (C=O) groups is 3. The number of Topliss-reactive ketones (excluding diaryl/α,β-unsaturated/α-hetero) is 1. The highest BCUT2D eigenvalue weighted by atomic mass is 16.5. The molecule has 0 heterocycles. The van der Waals surface area contributed by atoms with Gasteiger partial charge in [-0.15, -0.1) is 0 Å². The molecule has 6 atom stereocenters. The van der Waals surface area contributed by atoms with Crippen molar-refractivity contribution in [1.29, 1.82) is 0 Å². The van der Waals surface area contributed by atoms with E-state index in [4.69, 9.17) is 9.47 Å². The Balaban J connectivity index is 1.48. The maximum Gasteiger partial charge on any atom is 0.310 e. The van der Waals surface area contributed by atoms with Gasteiger partial charge in [0.1, 0.15) is 0 Å². The Hall–Kier alpha value is -2.43. The minimum Gasteiger partial charge on any atom is -0.469 e. The first-order valence-electron chi connectivity index (χ1n) is 8.63. The minimum atomic E-state index is -0.547. The average Bonchev–Trinajstić information content (AvgIpc) is 3.47. The molecule has 0 N–H and O–H groups in total. The molecule has 25 heavy (non-hydrogen) atoms. The van der Waals surface area contributed by atoms with Crippen molar-refractivity contribution in [3.63, 3.8) is 0 Å². The van der Waals surface area contributed by atoms with E-state index in [1.165, 1.54) is 7.11 Å². The smallest absolute Gasteiger partial charge is 0.310 e. The second kappa shape index (κ2) is 6.14. The third-order valence-corrected chi connectivity index (χ3v) is 5.84. The zero-order valence-electron chi connectivity index (χ0n) is 14.0. The van der Waals surface area contributed by atoms with Crippen LogP contribution in [0, 0.1) is 35.5 Å². The zero-order valence-corrected chi connectivity index (χ0v) is 14.0. The van der Waals surface area contributed by atoms with Crippen molar-refractivity contribution >= 4 is 17.7 Å². The summed E-state index contributed by atoms with van der Waals surface area (Å²) in [6.07, 6.45) is 5.14. The minimum absolute atomic E-state index is 0.0124. The summed E-state index contributed by atoms with van der Waals surface area (Å²) in [5, 5.41) is 0. The molecule has 0 saturated heterocycles. The lowest BCUT2D eigenvalue weighted by molar-refractivity contribution is -0.165. The Morgan fingerprint density at radius 2 is 1.56 bits per heavy atom. The second-order valence-electron chi connectivity index (χ2n) is 7.07. The van der Waals surface area contributed by atoms with Crippen LogP contribution in [0.15, 0.2) is 42.5 Å². The molecule has 0 aromatic heterocycles. The Bertz CT molecular complexity index is 738. The molecule has 4 aliphatic carbocycles. The van der Waals surface area contributed by atoms with Gasteiger partial charge >= 0.3 is 11.9 Å². The predicted octanol–water partition coefficient (Wildman–Crippen LogP) is 2.27. The third-order valence-electron chi connectivity index (χ3n) is 5.84. The highest BCUT2D eigenvalue weighted by molar-refractivity contribution is 5.98. The number of allylic oxidation sites excluding steroid dienone is 2. The van der Waals surface area contributed by atoms with Crippen LogP contribution in [0.5, 0.6) is 0 Å². The molecule has 4 aliphatic rings. The molecule has 5 rings (SSSR count). The first kappa shape index (κ1) is 16.1. The van der Waals surface area contributed by atoms with E-state index in [2.05, 4.69) is 6.08 Å². The van der Waals surface area contributed by atoms with Crippen molar-refractivity contribution < 1.29 is 23.9 Å². The molecule has 1 aromatic carbocycles. The lowest BCUT2D eigenvalue weighted by atomic mass is 9.62. The van der Waals surface area contributed by atoms with Crippen molar-refractivity contribution in [2.45, 2.75) is 6.42 Å². The second-order valence-corrected chi connectivity index (χ2v) is 7.07. The van der Waals surface area contributed by atoms with Crippen LogP contribution in [0.2, 0.25) is 0 Å². The number of methoxy groups -OCH3 is 1. The number of ether oxygens (including phenoxy) is 2. The van der Waals surface area contributed by atoms with Gasteiger partial charge in [-0.05, 0) is 30.1 Å². The standard InChI is InChI=1S/C20H20O5/c1-24-19(22)17-12-7-8-13(15-9-14(12)15)18(17)20(23)25-10-16(21)11-5-3-2-4-6-11/h2-8,12-15,17-18H,9-10H2,1H3/t12-,13-,14+,15-,17-,18-/m0/s1. The summed E-state index contributed by atoms with van der Waals surface area (Å²) in [7, 11) is 1.35. The largest absolute Gasteiger partial charge is 0.469 e. The molecule has 2 saturated carbocycles. The van der Waals surface area contributed by atoms with Gasteiger partial charge in [0, 0.05) is 5.56 Å². The summed E-state index contributed by atoms with van der Waals surface area (Å²) < 4.78 is 10.2. The molecule has 5 heteroatoms. The summed E-state index contributed by atoms with van der Waals surface area (Å²) >= 11 is 0. The lowest BCUT2D eigenvalue weighted by Crippen LogP contribution is -2.47. The fourth-order valence-corrected chi connectivity index (χ4v) is 4.60. The van der Waals surface area contributed by atoms with Crippen molar-refractivity contribution in [1.82, 2.24) is 0 Å². The maximum atomic E-state index is 12.7. The van der Waals surface area contributed by atoms with Gasteiger partial charge in [0.2, 0.25) is 0 Å². The van der Waals surface area contributed by atoms with Gasteiger partial charge in [-0.2, -0.15) is 0 Å². The summed E-state index contributed by atoms with van der Waals surface area (Å²) in [5.74, 6) is -1.12. The average molecular weight is 340 g/mol. The topological polar surface area (TPSA) is 69.7 Å². The fourth-order valence-electron chi connectivity index (χ4n) is 4.60. The van der Waals surface area contributed by atoms with E-state index in [0.29, 0.717) is 17.4 Å². The SMILES string of the molecule is COC(=O)[C@H]1[C@H]2C=C[C@@H]([C@@H]3C[C@H]23)[C@@H]1C(=O)OCC(=O)c1ccccc1. The van der Waals surface area contributed by atoms with Gasteiger partial charge in [-0.1, -0.05) is 42.5 Å². The molecule has 5 nitrogen and oxygen atoms in total. The number of benzene rings is 1. The molecule has 130 valence electrons. The summed E-state index contributed by atoms with van der Waals surface area (Å²) in [6, 6.07) is 8.73. The van der Waals surface area contributed by atoms with E-state index in [-0.39, 0.29) is 30.2 Å². The van der Waals surface area contributed by atoms with Crippen molar-refractivity contribution in [2.24, 2.45) is 35.5 Å². The molecule has 0 spiro atoms. The summed E-state index contributed by atoms with van der Waals surface area (Å²) in [6.45, 7) is -0.303. The van der Waals surface area contributed by atoms with Gasteiger partial charge < -0.3 is 9.47 Å². The number of hydrogen-bond donors (Lipinski definition) is 0. The molecule has 2 fully saturated rings. The van der Waals surface area contributed by atoms with Gasteiger partial charge in [0.25, 0.3) is 0 Å². The number of ketones is 1. The van der Waals surface area contributed by atoms with Gasteiger partial charge in [0.05, 0.1) is 18.9 Å². The number of carbonyl (C=O) groups excluding carboxylic acids is 3. The fraction of sp³-hybridized carbons (Fsp3) is 0.450. The van der Waals surface area contributed by atoms with Crippen LogP contribution >= 0.6 is 0 Å². The van der Waals surface area contributed by atoms with Crippen molar-refractivity contribution in [3.05, 3.63) is 48.0 Å². The Morgan fingerprint density at radius 1 is 0.960 bits per heavy atom. The highest BCUT2D eigenvalue weighted by Crippen LogP contribution is 2.63. The van der Waals surface area contributed by atoms with E-state index < -0.39 is 17.8 Å². The first-order valence-corrected chi connectivity index (χ1v) is 8.63. The number of esters is 2. The normalized spacial score (nSPS) is 34.1. The van der Waals surface area contributed by atoms with E-state index in [9.17, 15) is 14.4 Å². The molecule has 0 radical (unpaired) electrons. The van der Waals surface area contributed by atoms with Crippen LogP contribution in [0.3, 0.4) is 0 Å². The van der Waals surface area contributed by atoms with E-state index >= 15 is 0 Å². The van der Waals surface area contributed by atoms with Gasteiger partial charge in [-0.25, -0.2) is 0 Å². The Kier molecular flexibility index (Phi) is 3.94. The van der Waals surface area contributed by atoms with E-state index in [1.807, 2.05) is 12.1 Å². The highest BCUT2D eigenvalue weighted by Gasteiger charge is 2.63. The molecule has 0 unspecified atom stereocenters. The van der Waals surface area contributed by atoms with Crippen LogP contribution < -0.4 is 0 Å². The third kappa shape index (κ3) is 2.68. The van der Waals surface area contributed by atoms with Crippen LogP contribution in [0.1, 0.15) is 16.8 Å². The summed E-state index contributed by atoms with van der Waals surface area (Å²) in [4.78, 5) is 37.1. The van der Waals surface area contributed by atoms with E-state index in [0.717, 1.165) is 6.42 Å². The van der Waals surface area contributed by atoms with Crippen LogP contribution in [0.25, 0.3) is 0 Å². The first-order chi connectivity index (χ1) is 12.1. The molecule has 2 bridgehead atoms. The zero-order chi connectivity index (χ0) is 17.6. The quantitative estimate of drug-likeness (QED) is 0.467. The van der Waals surface area contributed by atoms with Crippen molar-refractivity contribution in [2.75, 3.05) is 13.7 Å². The predicted molar refractivity (Wildman–Crippen MR) is 88.4 cm³/mol. The van der Waals surface area contributed by atoms with Gasteiger partial charge in [-0.3, -0.25) is 14.4 Å². The Morgan fingerprint density at radius 3 is 2.16 bits per heavy atom. The monoisotopic (exact) mass is 340 g/mol. The lowest BCUT2D eigenvalue weighted by Gasteiger charge is -2.41. The maximum absolute atomic E-state index is 12.7. The number of fused-ring (bicyclic) bond motifs is 1. The molecule has 0 amide bonds. The molecule has 1 aromatic rings. The molecular weight excluding hydrogens is 320 g/mol. The molecular formula is C20H20O5. The van der Waals surface area contributed by atoms with Crippen LogP contribution in [-0.4, -0.2) is 31.4 Å². The Labute approximate surface area is 146 Å². The summed E-state index contributed by atoms with van der Waals surface area (Å²) in [5.41, 5.74) is 0.507. The van der Waals surface area contributed by atoms with E-state index in [1.54, 1.807) is 24.3 Å². The van der Waals surface area contributed by atoms with Crippen LogP contribution in [0.4, 0.5) is 0 Å². The van der Waals surface area contributed by atoms with Crippen LogP contribution in [-0.2, 0) is 19.1 Å². The van der Waals surface area contributed by atoms with Gasteiger partial charge in [0.15, 0.2) is 12.4 Å². The number of rotatable bonds is 5. The van der Waals surface area contributed by atoms with Crippen molar-refractivity contribution in [3.8, 4) is 0 Å². The number of hydrogen-bond acceptors (Lipinski definition) is 5. The molecule has 0 aliphatic heterocycles.